The molecule has 1 rings (SSSR count). The second kappa shape index (κ2) is 10.1. The fourth-order valence-corrected chi connectivity index (χ4v) is 3.34. The molecular formula is C19H34O4. The first-order valence-corrected chi connectivity index (χ1v) is 9.08. The van der Waals surface area contributed by atoms with Crippen LogP contribution in [0.4, 0.5) is 0 Å². The number of carbonyl (C=O) groups excluding carboxylic acids is 1. The summed E-state index contributed by atoms with van der Waals surface area (Å²) in [6, 6.07) is 0. The first-order chi connectivity index (χ1) is 10.9. The lowest BCUT2D eigenvalue weighted by Crippen LogP contribution is -2.44. The van der Waals surface area contributed by atoms with Crippen LogP contribution >= 0.6 is 0 Å². The quantitative estimate of drug-likeness (QED) is 0.346. The normalized spacial score (nSPS) is 29.6. The summed E-state index contributed by atoms with van der Waals surface area (Å²) < 4.78 is 5.03. The number of allylic oxidation sites excluding steroid dienone is 2. The highest BCUT2D eigenvalue weighted by molar-refractivity contribution is 5.65. The lowest BCUT2D eigenvalue weighted by Gasteiger charge is -2.42. The maximum Gasteiger partial charge on any atom is 0.302 e. The van der Waals surface area contributed by atoms with Crippen molar-refractivity contribution in [3.8, 4) is 0 Å². The summed E-state index contributed by atoms with van der Waals surface area (Å²) in [6.07, 6.45) is 10.5. The van der Waals surface area contributed by atoms with Gasteiger partial charge in [0.25, 0.3) is 0 Å². The molecule has 0 N–H and O–H groups in total. The van der Waals surface area contributed by atoms with E-state index >= 15 is 0 Å². The van der Waals surface area contributed by atoms with Gasteiger partial charge in [-0.3, -0.25) is 4.79 Å². The lowest BCUT2D eigenvalue weighted by molar-refractivity contribution is -0.420. The van der Waals surface area contributed by atoms with Crippen LogP contribution in [0.3, 0.4) is 0 Å². The SMILES string of the molecule is CC/C=C/[C@@H](CC)C[C@@]1(C)C[C@@H](CC)[C@@H](CCOC(C)=O)OO1. The number of esters is 1. The molecule has 1 heterocycles. The highest BCUT2D eigenvalue weighted by Gasteiger charge is 2.40. The van der Waals surface area contributed by atoms with Gasteiger partial charge in [-0.25, -0.2) is 9.78 Å². The summed E-state index contributed by atoms with van der Waals surface area (Å²) >= 11 is 0. The maximum absolute atomic E-state index is 10.9. The number of hydrogen-bond donors (Lipinski definition) is 0. The van der Waals surface area contributed by atoms with E-state index in [4.69, 9.17) is 14.5 Å². The van der Waals surface area contributed by atoms with E-state index < -0.39 is 0 Å². The molecule has 4 nitrogen and oxygen atoms in total. The van der Waals surface area contributed by atoms with Gasteiger partial charge in [-0.1, -0.05) is 39.3 Å². The minimum Gasteiger partial charge on any atom is -0.466 e. The van der Waals surface area contributed by atoms with Gasteiger partial charge in [0.2, 0.25) is 0 Å². The number of carbonyl (C=O) groups is 1. The first-order valence-electron chi connectivity index (χ1n) is 9.08. The largest absolute Gasteiger partial charge is 0.466 e. The maximum atomic E-state index is 10.9. The Labute approximate surface area is 141 Å². The van der Waals surface area contributed by atoms with Crippen molar-refractivity contribution < 1.29 is 19.3 Å². The van der Waals surface area contributed by atoms with Crippen molar-refractivity contribution in [1.82, 2.24) is 0 Å². The van der Waals surface area contributed by atoms with Crippen molar-refractivity contribution in [2.75, 3.05) is 6.61 Å². The summed E-state index contributed by atoms with van der Waals surface area (Å²) in [7, 11) is 0. The average Bonchev–Trinajstić information content (AvgIpc) is 2.52. The van der Waals surface area contributed by atoms with Gasteiger partial charge in [0.05, 0.1) is 12.7 Å². The monoisotopic (exact) mass is 326 g/mol. The third-order valence-electron chi connectivity index (χ3n) is 4.69. The van der Waals surface area contributed by atoms with Crippen LogP contribution in [0.5, 0.6) is 0 Å². The zero-order valence-electron chi connectivity index (χ0n) is 15.5. The summed E-state index contributed by atoms with van der Waals surface area (Å²) in [6.45, 7) is 10.5. The molecule has 0 saturated carbocycles. The molecular weight excluding hydrogens is 292 g/mol. The van der Waals surface area contributed by atoms with Gasteiger partial charge in [-0.15, -0.1) is 0 Å². The molecule has 0 aromatic heterocycles. The Balaban J connectivity index is 2.57. The molecule has 0 unspecified atom stereocenters. The second-order valence-electron chi connectivity index (χ2n) is 6.88. The van der Waals surface area contributed by atoms with Crippen LogP contribution in [0, 0.1) is 11.8 Å². The highest BCUT2D eigenvalue weighted by Crippen LogP contribution is 2.39. The van der Waals surface area contributed by atoms with E-state index in [1.165, 1.54) is 6.92 Å². The summed E-state index contributed by atoms with van der Waals surface area (Å²) in [5.41, 5.74) is -0.239. The van der Waals surface area contributed by atoms with Crippen molar-refractivity contribution in [2.24, 2.45) is 11.8 Å². The Morgan fingerprint density at radius 2 is 2.13 bits per heavy atom. The van der Waals surface area contributed by atoms with Crippen molar-refractivity contribution in [3.05, 3.63) is 12.2 Å². The molecule has 0 radical (unpaired) electrons. The molecule has 0 aromatic carbocycles. The third kappa shape index (κ3) is 7.05. The van der Waals surface area contributed by atoms with E-state index in [-0.39, 0.29) is 17.7 Å². The van der Waals surface area contributed by atoms with Crippen molar-refractivity contribution in [2.45, 2.75) is 84.8 Å². The Kier molecular flexibility index (Phi) is 8.85. The van der Waals surface area contributed by atoms with Crippen LogP contribution in [0.2, 0.25) is 0 Å². The summed E-state index contributed by atoms with van der Waals surface area (Å²) in [4.78, 5) is 22.4. The summed E-state index contributed by atoms with van der Waals surface area (Å²) in [5.74, 6) is 0.726. The van der Waals surface area contributed by atoms with Crippen molar-refractivity contribution in [3.63, 3.8) is 0 Å². The Morgan fingerprint density at radius 1 is 1.39 bits per heavy atom. The van der Waals surface area contributed by atoms with Gasteiger partial charge in [0.15, 0.2) is 0 Å². The molecule has 134 valence electrons. The van der Waals surface area contributed by atoms with E-state index in [0.717, 1.165) is 32.1 Å². The fourth-order valence-electron chi connectivity index (χ4n) is 3.34. The van der Waals surface area contributed by atoms with Gasteiger partial charge in [0, 0.05) is 13.3 Å². The van der Waals surface area contributed by atoms with Crippen LogP contribution in [0.1, 0.15) is 73.1 Å². The van der Waals surface area contributed by atoms with E-state index in [2.05, 4.69) is 39.8 Å². The average molecular weight is 326 g/mol. The smallest absolute Gasteiger partial charge is 0.302 e. The molecule has 1 aliphatic heterocycles. The molecule has 1 aliphatic rings. The molecule has 1 saturated heterocycles. The molecule has 0 aromatic rings. The number of rotatable bonds is 9. The fraction of sp³-hybridized carbons (Fsp3) is 0.842. The highest BCUT2D eigenvalue weighted by atomic mass is 17.2. The molecule has 1 fully saturated rings. The van der Waals surface area contributed by atoms with Crippen LogP contribution < -0.4 is 0 Å². The topological polar surface area (TPSA) is 44.8 Å². The minimum atomic E-state index is -0.242. The van der Waals surface area contributed by atoms with Gasteiger partial charge in [-0.2, -0.15) is 0 Å². The third-order valence-corrected chi connectivity index (χ3v) is 4.69. The lowest BCUT2D eigenvalue weighted by atomic mass is 9.79. The van der Waals surface area contributed by atoms with Crippen LogP contribution in [0.15, 0.2) is 12.2 Å². The van der Waals surface area contributed by atoms with E-state index in [1.807, 2.05) is 0 Å². The van der Waals surface area contributed by atoms with Gasteiger partial charge < -0.3 is 4.74 Å². The molecule has 4 heteroatoms. The van der Waals surface area contributed by atoms with Crippen LogP contribution in [-0.2, 0) is 19.3 Å². The van der Waals surface area contributed by atoms with E-state index in [0.29, 0.717) is 24.9 Å². The second-order valence-corrected chi connectivity index (χ2v) is 6.88. The predicted molar refractivity (Wildman–Crippen MR) is 91.8 cm³/mol. The van der Waals surface area contributed by atoms with Gasteiger partial charge >= 0.3 is 5.97 Å². The zero-order valence-corrected chi connectivity index (χ0v) is 15.5. The molecule has 0 spiro atoms. The predicted octanol–water partition coefficient (Wildman–Crippen LogP) is 4.83. The van der Waals surface area contributed by atoms with Gasteiger partial charge in [0.1, 0.15) is 5.60 Å². The number of hydrogen-bond acceptors (Lipinski definition) is 4. The standard InChI is InChI=1S/C19H34O4/c1-6-9-10-16(7-2)13-19(5)14-17(8-3)18(22-23-19)11-12-21-15(4)20/h9-10,16-18H,6-8,11-14H2,1-5H3/b10-9+/t16-,17-,18-,19+/m1/s1. The molecule has 0 bridgehead atoms. The van der Waals surface area contributed by atoms with Crippen LogP contribution in [-0.4, -0.2) is 24.3 Å². The first kappa shape index (κ1) is 20.2. The number of ether oxygens (including phenoxy) is 1. The minimum absolute atomic E-state index is 0.0127. The summed E-state index contributed by atoms with van der Waals surface area (Å²) in [5, 5.41) is 0. The molecule has 0 amide bonds. The van der Waals surface area contributed by atoms with Gasteiger partial charge in [-0.05, 0) is 44.4 Å². The molecule has 4 atom stereocenters. The molecule has 23 heavy (non-hydrogen) atoms. The van der Waals surface area contributed by atoms with E-state index in [9.17, 15) is 4.79 Å². The van der Waals surface area contributed by atoms with Crippen molar-refractivity contribution >= 4 is 5.97 Å². The Bertz CT molecular complexity index is 380. The van der Waals surface area contributed by atoms with Crippen molar-refractivity contribution in [1.29, 1.82) is 0 Å². The molecule has 0 aliphatic carbocycles. The zero-order chi connectivity index (χ0) is 17.3. The van der Waals surface area contributed by atoms with E-state index in [1.54, 1.807) is 0 Å². The Hall–Kier alpha value is -0.870. The Morgan fingerprint density at radius 3 is 2.70 bits per heavy atom. The van der Waals surface area contributed by atoms with Crippen LogP contribution in [0.25, 0.3) is 0 Å².